The van der Waals surface area contributed by atoms with Crippen molar-refractivity contribution in [3.05, 3.63) is 48.9 Å². The van der Waals surface area contributed by atoms with Crippen LogP contribution in [0, 0.1) is 0 Å². The molecule has 0 spiro atoms. The van der Waals surface area contributed by atoms with Crippen LogP contribution in [0.3, 0.4) is 0 Å². The average molecular weight is 426 g/mol. The smallest absolute Gasteiger partial charge is 0.213 e. The van der Waals surface area contributed by atoms with Gasteiger partial charge in [-0.25, -0.2) is 28.4 Å². The number of aromatic nitrogens is 4. The third kappa shape index (κ3) is 4.10. The lowest BCUT2D eigenvalue weighted by atomic mass is 10.1. The molecule has 2 N–H and O–H groups in total. The minimum Gasteiger partial charge on any atom is -0.382 e. The molecule has 156 valence electrons. The molecule has 30 heavy (non-hydrogen) atoms. The summed E-state index contributed by atoms with van der Waals surface area (Å²) in [6, 6.07) is 11.6. The number of nitrogens with two attached hydrogens (primary N) is 1. The molecule has 3 heterocycles. The fraction of sp³-hybridized carbons (Fsp3) is 0.300. The first-order valence-corrected chi connectivity index (χ1v) is 11.3. The van der Waals surface area contributed by atoms with Gasteiger partial charge in [-0.15, -0.1) is 0 Å². The average Bonchev–Trinajstić information content (AvgIpc) is 2.80. The molecule has 2 aromatic heterocycles. The second-order valence-corrected chi connectivity index (χ2v) is 9.16. The van der Waals surface area contributed by atoms with Crippen LogP contribution >= 0.6 is 0 Å². The van der Waals surface area contributed by atoms with Crippen molar-refractivity contribution in [1.82, 2.24) is 24.2 Å². The van der Waals surface area contributed by atoms with Gasteiger partial charge in [0.2, 0.25) is 10.0 Å². The molecule has 1 aromatic carbocycles. The Bertz CT molecular complexity index is 1130. The second-order valence-electron chi connectivity index (χ2n) is 6.90. The number of hydrogen-bond acceptors (Lipinski definition) is 8. The summed E-state index contributed by atoms with van der Waals surface area (Å²) in [6.07, 6.45) is 3.10. The molecule has 9 nitrogen and oxygen atoms in total. The van der Waals surface area contributed by atoms with Gasteiger partial charge in [-0.05, 0) is 13.0 Å². The molecule has 0 unspecified atom stereocenters. The van der Waals surface area contributed by atoms with Gasteiger partial charge in [0.15, 0.2) is 5.82 Å². The lowest BCUT2D eigenvalue weighted by Crippen LogP contribution is -2.49. The molecule has 0 amide bonds. The van der Waals surface area contributed by atoms with E-state index in [1.165, 1.54) is 10.6 Å². The first-order valence-electron chi connectivity index (χ1n) is 9.71. The van der Waals surface area contributed by atoms with Crippen LogP contribution in [0.5, 0.6) is 0 Å². The summed E-state index contributed by atoms with van der Waals surface area (Å²) in [4.78, 5) is 19.7. The summed E-state index contributed by atoms with van der Waals surface area (Å²) in [5.41, 5.74) is 8.90. The Labute approximate surface area is 175 Å². The van der Waals surface area contributed by atoms with Crippen LogP contribution < -0.4 is 10.6 Å². The first-order chi connectivity index (χ1) is 14.5. The molecular formula is C20H23N7O2S. The number of nitrogens with zero attached hydrogens (tertiary/aromatic N) is 6. The Morgan fingerprint density at radius 1 is 1.00 bits per heavy atom. The SMILES string of the molecule is CCS(=O)(=O)N1CCN(c2cnc(N)c(-c3cc(-c4ccccc4)ncn3)n2)CC1. The van der Waals surface area contributed by atoms with Crippen molar-refractivity contribution < 1.29 is 8.42 Å². The van der Waals surface area contributed by atoms with E-state index < -0.39 is 10.0 Å². The maximum absolute atomic E-state index is 12.1. The molecule has 4 rings (SSSR count). The van der Waals surface area contributed by atoms with Gasteiger partial charge in [-0.3, -0.25) is 0 Å². The van der Waals surface area contributed by atoms with Crippen molar-refractivity contribution in [2.24, 2.45) is 0 Å². The molecule has 0 aliphatic carbocycles. The summed E-state index contributed by atoms with van der Waals surface area (Å²) in [6.45, 7) is 3.57. The monoisotopic (exact) mass is 425 g/mol. The van der Waals surface area contributed by atoms with Crippen molar-refractivity contribution in [1.29, 1.82) is 0 Å². The van der Waals surface area contributed by atoms with E-state index >= 15 is 0 Å². The largest absolute Gasteiger partial charge is 0.382 e. The number of benzene rings is 1. The molecule has 1 aliphatic rings. The van der Waals surface area contributed by atoms with Crippen molar-refractivity contribution >= 4 is 21.7 Å². The van der Waals surface area contributed by atoms with Gasteiger partial charge >= 0.3 is 0 Å². The highest BCUT2D eigenvalue weighted by Gasteiger charge is 2.26. The second kappa shape index (κ2) is 8.33. The first kappa shape index (κ1) is 20.2. The molecule has 1 aliphatic heterocycles. The fourth-order valence-electron chi connectivity index (χ4n) is 3.36. The van der Waals surface area contributed by atoms with E-state index in [4.69, 9.17) is 5.73 Å². The van der Waals surface area contributed by atoms with Crippen molar-refractivity contribution in [3.63, 3.8) is 0 Å². The van der Waals surface area contributed by atoms with Gasteiger partial charge in [-0.2, -0.15) is 4.31 Å². The fourth-order valence-corrected chi connectivity index (χ4v) is 4.45. The van der Waals surface area contributed by atoms with Crippen molar-refractivity contribution in [2.45, 2.75) is 6.92 Å². The maximum atomic E-state index is 12.1. The Balaban J connectivity index is 1.59. The summed E-state index contributed by atoms with van der Waals surface area (Å²) in [7, 11) is -3.18. The molecule has 1 fully saturated rings. The summed E-state index contributed by atoms with van der Waals surface area (Å²) in [5.74, 6) is 1.03. The number of hydrogen-bond donors (Lipinski definition) is 1. The van der Waals surface area contributed by atoms with Gasteiger partial charge in [0.1, 0.15) is 17.8 Å². The van der Waals surface area contributed by atoms with Crippen LogP contribution in [-0.2, 0) is 10.0 Å². The standard InChI is InChI=1S/C20H23N7O2S/c1-2-30(28,29)27-10-8-26(9-11-27)18-13-22-20(21)19(25-18)17-12-16(23-14-24-17)15-6-4-3-5-7-15/h3-7,12-14H,2,8-11H2,1H3,(H2,21,22). The molecule has 3 aromatic rings. The molecule has 0 atom stereocenters. The van der Waals surface area contributed by atoms with Gasteiger partial charge < -0.3 is 10.6 Å². The predicted octanol–water partition coefficient (Wildman–Crippen LogP) is 1.65. The number of rotatable bonds is 5. The highest BCUT2D eigenvalue weighted by Crippen LogP contribution is 2.26. The Morgan fingerprint density at radius 3 is 2.40 bits per heavy atom. The van der Waals surface area contributed by atoms with Gasteiger partial charge in [-0.1, -0.05) is 30.3 Å². The third-order valence-corrected chi connectivity index (χ3v) is 6.97. The van der Waals surface area contributed by atoms with Crippen molar-refractivity contribution in [3.8, 4) is 22.6 Å². The molecular weight excluding hydrogens is 402 g/mol. The summed E-state index contributed by atoms with van der Waals surface area (Å²) < 4.78 is 25.7. The highest BCUT2D eigenvalue weighted by atomic mass is 32.2. The van der Waals surface area contributed by atoms with Crippen LogP contribution in [0.2, 0.25) is 0 Å². The minimum atomic E-state index is -3.18. The zero-order valence-electron chi connectivity index (χ0n) is 16.6. The molecule has 10 heteroatoms. The molecule has 0 radical (unpaired) electrons. The lowest BCUT2D eigenvalue weighted by Gasteiger charge is -2.34. The topological polar surface area (TPSA) is 118 Å². The van der Waals surface area contributed by atoms with Crippen LogP contribution in [0.15, 0.2) is 48.9 Å². The number of piperazine rings is 1. The van der Waals surface area contributed by atoms with Gasteiger partial charge in [0.05, 0.1) is 23.3 Å². The number of sulfonamides is 1. The van der Waals surface area contributed by atoms with E-state index in [9.17, 15) is 8.42 Å². The zero-order chi connectivity index (χ0) is 21.1. The van der Waals surface area contributed by atoms with E-state index in [1.807, 2.05) is 41.3 Å². The van der Waals surface area contributed by atoms with Crippen LogP contribution in [-0.4, -0.2) is 64.6 Å². The Hall–Kier alpha value is -3.11. The third-order valence-electron chi connectivity index (χ3n) is 5.09. The van der Waals surface area contributed by atoms with Crippen LogP contribution in [0.4, 0.5) is 11.6 Å². The Kier molecular flexibility index (Phi) is 5.60. The normalized spacial score (nSPS) is 15.3. The summed E-state index contributed by atoms with van der Waals surface area (Å²) in [5, 5.41) is 0. The van der Waals surface area contributed by atoms with E-state index in [0.717, 1.165) is 11.3 Å². The summed E-state index contributed by atoms with van der Waals surface area (Å²) >= 11 is 0. The van der Waals surface area contributed by atoms with E-state index in [1.54, 1.807) is 13.1 Å². The molecule has 0 saturated carbocycles. The lowest BCUT2D eigenvalue weighted by molar-refractivity contribution is 0.384. The maximum Gasteiger partial charge on any atom is 0.213 e. The highest BCUT2D eigenvalue weighted by molar-refractivity contribution is 7.89. The van der Waals surface area contributed by atoms with Crippen molar-refractivity contribution in [2.75, 3.05) is 42.6 Å². The van der Waals surface area contributed by atoms with E-state index in [-0.39, 0.29) is 11.6 Å². The molecule has 1 saturated heterocycles. The van der Waals surface area contributed by atoms with Gasteiger partial charge in [0, 0.05) is 31.7 Å². The van der Waals surface area contributed by atoms with Crippen LogP contribution in [0.1, 0.15) is 6.92 Å². The number of nitrogen functional groups attached to an aromatic ring is 1. The van der Waals surface area contributed by atoms with E-state index in [2.05, 4.69) is 19.9 Å². The predicted molar refractivity (Wildman–Crippen MR) is 116 cm³/mol. The van der Waals surface area contributed by atoms with Crippen LogP contribution in [0.25, 0.3) is 22.6 Å². The van der Waals surface area contributed by atoms with Gasteiger partial charge in [0.25, 0.3) is 0 Å². The van der Waals surface area contributed by atoms with E-state index in [0.29, 0.717) is 43.4 Å². The zero-order valence-corrected chi connectivity index (χ0v) is 17.5. The molecule has 0 bridgehead atoms. The Morgan fingerprint density at radius 2 is 1.70 bits per heavy atom. The minimum absolute atomic E-state index is 0.107. The number of anilines is 2. The quantitative estimate of drug-likeness (QED) is 0.656.